The zero-order chi connectivity index (χ0) is 9.02. The first-order valence-electron chi connectivity index (χ1n) is 2.95. The van der Waals surface area contributed by atoms with E-state index in [0.29, 0.717) is 0 Å². The SMILES string of the molecule is CSC(C(=O)[O-])C(C)C(=O)[O-].[K+].[K+]. The minimum absolute atomic E-state index is 0. The summed E-state index contributed by atoms with van der Waals surface area (Å²) in [6, 6.07) is 0. The van der Waals surface area contributed by atoms with Crippen LogP contribution in [-0.4, -0.2) is 23.4 Å². The fraction of sp³-hybridized carbons (Fsp3) is 0.667. The molecule has 0 aliphatic carbocycles. The number of rotatable bonds is 4. The third-order valence-electron chi connectivity index (χ3n) is 1.31. The Morgan fingerprint density at radius 3 is 1.62 bits per heavy atom. The molecule has 0 aromatic rings. The van der Waals surface area contributed by atoms with E-state index in [1.54, 1.807) is 0 Å². The van der Waals surface area contributed by atoms with Crippen LogP contribution in [0.25, 0.3) is 0 Å². The smallest absolute Gasteiger partial charge is 0.550 e. The van der Waals surface area contributed by atoms with E-state index < -0.39 is 23.1 Å². The molecule has 13 heavy (non-hydrogen) atoms. The predicted octanol–water partition coefficient (Wildman–Crippen LogP) is -8.14. The summed E-state index contributed by atoms with van der Waals surface area (Å²) < 4.78 is 0. The number of carboxylic acids is 2. The maximum atomic E-state index is 10.3. The van der Waals surface area contributed by atoms with Crippen molar-refractivity contribution in [2.45, 2.75) is 12.2 Å². The van der Waals surface area contributed by atoms with Gasteiger partial charge in [0.05, 0.1) is 11.2 Å². The largest absolute Gasteiger partial charge is 1.00 e. The van der Waals surface area contributed by atoms with E-state index >= 15 is 0 Å². The van der Waals surface area contributed by atoms with Gasteiger partial charge in [-0.15, -0.1) is 0 Å². The Hall–Kier alpha value is 2.56. The molecule has 64 valence electrons. The first-order valence-corrected chi connectivity index (χ1v) is 4.24. The molecule has 0 fully saturated rings. The molecule has 0 aliphatic rings. The van der Waals surface area contributed by atoms with Crippen molar-refractivity contribution in [3.63, 3.8) is 0 Å². The van der Waals surface area contributed by atoms with Gasteiger partial charge in [0, 0.05) is 11.9 Å². The van der Waals surface area contributed by atoms with E-state index in [4.69, 9.17) is 0 Å². The van der Waals surface area contributed by atoms with Gasteiger partial charge in [0.2, 0.25) is 0 Å². The fourth-order valence-corrected chi connectivity index (χ4v) is 1.34. The molecule has 0 aliphatic heterocycles. The summed E-state index contributed by atoms with van der Waals surface area (Å²) in [6.45, 7) is 1.28. The van der Waals surface area contributed by atoms with E-state index in [0.717, 1.165) is 11.8 Å². The number of thioether (sulfide) groups is 1. The maximum absolute atomic E-state index is 10.3. The van der Waals surface area contributed by atoms with Crippen molar-refractivity contribution in [2.24, 2.45) is 5.92 Å². The molecule has 0 N–H and O–H groups in total. The Bertz CT molecular complexity index is 176. The average molecular weight is 254 g/mol. The Labute approximate surface area is 166 Å². The van der Waals surface area contributed by atoms with Crippen molar-refractivity contribution in [1.29, 1.82) is 0 Å². The van der Waals surface area contributed by atoms with Crippen LogP contribution < -0.4 is 113 Å². The Kier molecular flexibility index (Phi) is 17.8. The summed E-state index contributed by atoms with van der Waals surface area (Å²) in [5.41, 5.74) is 0. The molecular weight excluding hydrogens is 246 g/mol. The van der Waals surface area contributed by atoms with Crippen molar-refractivity contribution >= 4 is 23.7 Å². The first kappa shape index (κ1) is 20.9. The molecule has 0 amide bonds. The maximum Gasteiger partial charge on any atom is 1.00 e. The van der Waals surface area contributed by atoms with Crippen molar-refractivity contribution < 1.29 is 123 Å². The molecule has 0 radical (unpaired) electrons. The topological polar surface area (TPSA) is 80.3 Å². The molecule has 0 spiro atoms. The molecule has 0 bridgehead atoms. The van der Waals surface area contributed by atoms with Gasteiger partial charge in [0.15, 0.2) is 0 Å². The van der Waals surface area contributed by atoms with Crippen LogP contribution in [0.5, 0.6) is 0 Å². The van der Waals surface area contributed by atoms with Gasteiger partial charge in [0.1, 0.15) is 0 Å². The second kappa shape index (κ2) is 11.1. The van der Waals surface area contributed by atoms with E-state index in [9.17, 15) is 19.8 Å². The van der Waals surface area contributed by atoms with E-state index in [-0.39, 0.29) is 103 Å². The molecule has 0 rings (SSSR count). The van der Waals surface area contributed by atoms with Crippen molar-refractivity contribution in [2.75, 3.05) is 6.26 Å². The van der Waals surface area contributed by atoms with Gasteiger partial charge in [-0.2, -0.15) is 11.8 Å². The number of carbonyl (C=O) groups is 2. The van der Waals surface area contributed by atoms with Gasteiger partial charge < -0.3 is 19.8 Å². The van der Waals surface area contributed by atoms with Crippen LogP contribution in [0.4, 0.5) is 0 Å². The number of aliphatic carboxylic acids is 2. The second-order valence-corrected chi connectivity index (χ2v) is 3.06. The van der Waals surface area contributed by atoms with Gasteiger partial charge in [-0.25, -0.2) is 0 Å². The third-order valence-corrected chi connectivity index (χ3v) is 2.42. The van der Waals surface area contributed by atoms with Crippen LogP contribution in [0.3, 0.4) is 0 Å². The summed E-state index contributed by atoms with van der Waals surface area (Å²) in [5, 5.41) is 19.4. The average Bonchev–Trinajstić information content (AvgIpc) is 1.88. The monoisotopic (exact) mass is 254 g/mol. The van der Waals surface area contributed by atoms with Crippen LogP contribution in [0.1, 0.15) is 6.92 Å². The minimum atomic E-state index is -1.37. The Balaban J connectivity index is -0.000000500. The molecule has 2 unspecified atom stereocenters. The minimum Gasteiger partial charge on any atom is -0.550 e. The van der Waals surface area contributed by atoms with E-state index in [2.05, 4.69) is 0 Å². The summed E-state index contributed by atoms with van der Waals surface area (Å²) in [7, 11) is 0. The van der Waals surface area contributed by atoms with Crippen LogP contribution in [0, 0.1) is 5.92 Å². The van der Waals surface area contributed by atoms with E-state index in [1.807, 2.05) is 0 Å². The molecular formula is C6H8K2O4S. The summed E-state index contributed by atoms with van der Waals surface area (Å²) in [4.78, 5) is 20.4. The summed E-state index contributed by atoms with van der Waals surface area (Å²) >= 11 is 0.932. The van der Waals surface area contributed by atoms with Gasteiger partial charge in [-0.1, -0.05) is 6.92 Å². The molecule has 7 heteroatoms. The van der Waals surface area contributed by atoms with Gasteiger partial charge >= 0.3 is 103 Å². The summed E-state index contributed by atoms with van der Waals surface area (Å²) in [5.74, 6) is -3.75. The summed E-state index contributed by atoms with van der Waals surface area (Å²) in [6.07, 6.45) is 1.51. The van der Waals surface area contributed by atoms with Crippen molar-refractivity contribution in [3.8, 4) is 0 Å². The van der Waals surface area contributed by atoms with Crippen LogP contribution in [0.2, 0.25) is 0 Å². The van der Waals surface area contributed by atoms with E-state index in [1.165, 1.54) is 13.2 Å². The number of hydrogen-bond donors (Lipinski definition) is 0. The number of carboxylic acid groups (broad SMARTS) is 2. The Morgan fingerprint density at radius 2 is 1.54 bits per heavy atom. The quantitative estimate of drug-likeness (QED) is 0.466. The van der Waals surface area contributed by atoms with Crippen molar-refractivity contribution in [1.82, 2.24) is 0 Å². The number of hydrogen-bond acceptors (Lipinski definition) is 5. The molecule has 0 saturated heterocycles. The molecule has 0 aromatic heterocycles. The van der Waals surface area contributed by atoms with Gasteiger partial charge in [-0.3, -0.25) is 0 Å². The van der Waals surface area contributed by atoms with Crippen molar-refractivity contribution in [3.05, 3.63) is 0 Å². The molecule has 4 nitrogen and oxygen atoms in total. The molecule has 2 atom stereocenters. The van der Waals surface area contributed by atoms with Crippen LogP contribution in [-0.2, 0) is 9.59 Å². The zero-order valence-corrected chi connectivity index (χ0v) is 15.3. The standard InChI is InChI=1S/C6H10O4S.2K/c1-3(5(7)8)4(11-2)6(9)10;;/h3-4H,1-2H3,(H,7,8)(H,9,10);;/q;2*+1/p-2. The van der Waals surface area contributed by atoms with Gasteiger partial charge in [0.25, 0.3) is 0 Å². The number of carbonyl (C=O) groups excluding carboxylic acids is 2. The molecule has 0 heterocycles. The predicted molar refractivity (Wildman–Crippen MR) is 36.5 cm³/mol. The normalized spacial score (nSPS) is 13.1. The second-order valence-electron chi connectivity index (χ2n) is 2.08. The fourth-order valence-electron chi connectivity index (χ4n) is 0.628. The molecule has 0 saturated carbocycles. The van der Waals surface area contributed by atoms with Gasteiger partial charge in [-0.05, 0) is 6.26 Å². The third kappa shape index (κ3) is 8.38. The first-order chi connectivity index (χ1) is 5.00. The molecule has 0 aromatic carbocycles. The van der Waals surface area contributed by atoms with Crippen LogP contribution >= 0.6 is 11.8 Å². The zero-order valence-electron chi connectivity index (χ0n) is 8.20. The van der Waals surface area contributed by atoms with Crippen LogP contribution in [0.15, 0.2) is 0 Å². The Morgan fingerprint density at radius 1 is 1.15 bits per heavy atom.